The summed E-state index contributed by atoms with van der Waals surface area (Å²) in [5.74, 6) is 0.329. The van der Waals surface area contributed by atoms with Gasteiger partial charge in [-0.2, -0.15) is 0 Å². The summed E-state index contributed by atoms with van der Waals surface area (Å²) < 4.78 is 0. The molecule has 3 heteroatoms. The van der Waals surface area contributed by atoms with Gasteiger partial charge in [0.15, 0.2) is 0 Å². The number of benzene rings is 1. The number of hydrogen-bond acceptors (Lipinski definition) is 1. The maximum atomic E-state index is 12.2. The number of para-hydroxylation sites is 1. The molecule has 1 amide bonds. The minimum atomic E-state index is 0.329. The Morgan fingerprint density at radius 2 is 2.25 bits per heavy atom. The van der Waals surface area contributed by atoms with Crippen LogP contribution in [0.15, 0.2) is 30.5 Å². The van der Waals surface area contributed by atoms with Crippen LogP contribution in [0, 0.1) is 0 Å². The maximum Gasteiger partial charge on any atom is 0.222 e. The van der Waals surface area contributed by atoms with Crippen LogP contribution in [0.3, 0.4) is 0 Å². The molecule has 20 heavy (non-hydrogen) atoms. The number of rotatable bonds is 4. The molecule has 3 rings (SSSR count). The molecule has 0 aliphatic carbocycles. The number of aromatic nitrogens is 1. The summed E-state index contributed by atoms with van der Waals surface area (Å²) >= 11 is 0. The van der Waals surface area contributed by atoms with Crippen LogP contribution in [0.5, 0.6) is 0 Å². The Kier molecular flexibility index (Phi) is 3.77. The number of nitrogens with zero attached hydrogens (tertiary/aromatic N) is 1. The van der Waals surface area contributed by atoms with Crippen molar-refractivity contribution in [1.29, 1.82) is 0 Å². The second-order valence-corrected chi connectivity index (χ2v) is 5.79. The van der Waals surface area contributed by atoms with Crippen LogP contribution in [0.4, 0.5) is 0 Å². The van der Waals surface area contributed by atoms with E-state index in [0.717, 1.165) is 32.2 Å². The Hall–Kier alpha value is -1.77. The fraction of sp³-hybridized carbons (Fsp3) is 0.471. The summed E-state index contributed by atoms with van der Waals surface area (Å²) in [6, 6.07) is 8.79. The molecule has 0 bridgehead atoms. The lowest BCUT2D eigenvalue weighted by molar-refractivity contribution is -0.131. The van der Waals surface area contributed by atoms with Gasteiger partial charge in [0.05, 0.1) is 0 Å². The molecule has 2 aromatic rings. The predicted molar refractivity (Wildman–Crippen MR) is 81.6 cm³/mol. The third-order valence-corrected chi connectivity index (χ3v) is 4.38. The molecule has 1 unspecified atom stereocenters. The van der Waals surface area contributed by atoms with E-state index >= 15 is 0 Å². The van der Waals surface area contributed by atoms with E-state index in [-0.39, 0.29) is 0 Å². The first kappa shape index (κ1) is 13.2. The Labute approximate surface area is 120 Å². The molecule has 1 saturated heterocycles. The van der Waals surface area contributed by atoms with Crippen molar-refractivity contribution in [1.82, 2.24) is 9.88 Å². The molecule has 1 aromatic heterocycles. The topological polar surface area (TPSA) is 36.1 Å². The smallest absolute Gasteiger partial charge is 0.222 e. The van der Waals surface area contributed by atoms with E-state index in [1.807, 2.05) is 6.07 Å². The number of H-pyrrole nitrogens is 1. The normalized spacial score (nSPS) is 18.9. The quantitative estimate of drug-likeness (QED) is 0.907. The van der Waals surface area contributed by atoms with E-state index in [0.29, 0.717) is 18.4 Å². The third-order valence-electron chi connectivity index (χ3n) is 4.38. The summed E-state index contributed by atoms with van der Waals surface area (Å²) in [5.41, 5.74) is 2.50. The summed E-state index contributed by atoms with van der Waals surface area (Å²) in [7, 11) is 0. The van der Waals surface area contributed by atoms with Crippen LogP contribution < -0.4 is 0 Å². The summed E-state index contributed by atoms with van der Waals surface area (Å²) in [5, 5.41) is 1.29. The van der Waals surface area contributed by atoms with Gasteiger partial charge in [0.2, 0.25) is 5.91 Å². The Morgan fingerprint density at radius 1 is 1.40 bits per heavy atom. The van der Waals surface area contributed by atoms with Crippen molar-refractivity contribution < 1.29 is 4.79 Å². The summed E-state index contributed by atoms with van der Waals surface area (Å²) in [4.78, 5) is 17.5. The minimum absolute atomic E-state index is 0.329. The van der Waals surface area contributed by atoms with Crippen molar-refractivity contribution in [2.45, 2.75) is 45.1 Å². The highest BCUT2D eigenvalue weighted by Crippen LogP contribution is 2.21. The van der Waals surface area contributed by atoms with Gasteiger partial charge in [-0.15, -0.1) is 0 Å². The summed E-state index contributed by atoms with van der Waals surface area (Å²) in [6.07, 6.45) is 6.98. The first-order valence-electron chi connectivity index (χ1n) is 7.60. The highest BCUT2D eigenvalue weighted by Gasteiger charge is 2.24. The van der Waals surface area contributed by atoms with Gasteiger partial charge >= 0.3 is 0 Å². The lowest BCUT2D eigenvalue weighted by atomic mass is 10.1. The predicted octanol–water partition coefficient (Wildman–Crippen LogP) is 3.50. The molecule has 0 saturated carbocycles. The SMILES string of the molecule is CC1CCCN1C(=O)CCCc1c[nH]c2ccccc12. The number of carbonyl (C=O) groups is 1. The van der Waals surface area contributed by atoms with E-state index in [4.69, 9.17) is 0 Å². The number of hydrogen-bond donors (Lipinski definition) is 1. The van der Waals surface area contributed by atoms with E-state index < -0.39 is 0 Å². The number of carbonyl (C=O) groups excluding carboxylic acids is 1. The second-order valence-electron chi connectivity index (χ2n) is 5.79. The number of aryl methyl sites for hydroxylation is 1. The van der Waals surface area contributed by atoms with Gasteiger partial charge in [-0.05, 0) is 44.2 Å². The van der Waals surface area contributed by atoms with Gasteiger partial charge in [-0.1, -0.05) is 18.2 Å². The van der Waals surface area contributed by atoms with Gasteiger partial charge in [0, 0.05) is 36.1 Å². The van der Waals surface area contributed by atoms with Crippen molar-refractivity contribution in [2.75, 3.05) is 6.54 Å². The molecule has 0 radical (unpaired) electrons. The number of amides is 1. The molecule has 1 N–H and O–H groups in total. The standard InChI is InChI=1S/C17H22N2O/c1-13-6-5-11-19(13)17(20)10-4-7-14-12-18-16-9-3-2-8-15(14)16/h2-3,8-9,12-13,18H,4-7,10-11H2,1H3. The monoisotopic (exact) mass is 270 g/mol. The van der Waals surface area contributed by atoms with Gasteiger partial charge in [0.25, 0.3) is 0 Å². The molecule has 106 valence electrons. The zero-order valence-electron chi connectivity index (χ0n) is 12.1. The van der Waals surface area contributed by atoms with Crippen molar-refractivity contribution >= 4 is 16.8 Å². The van der Waals surface area contributed by atoms with Crippen LogP contribution in [0.2, 0.25) is 0 Å². The number of aromatic amines is 1. The van der Waals surface area contributed by atoms with Crippen molar-refractivity contribution in [3.63, 3.8) is 0 Å². The Balaban J connectivity index is 1.56. The highest BCUT2D eigenvalue weighted by molar-refractivity contribution is 5.83. The molecule has 1 fully saturated rings. The summed E-state index contributed by atoms with van der Waals surface area (Å²) in [6.45, 7) is 3.11. The second kappa shape index (κ2) is 5.70. The average Bonchev–Trinajstić information content (AvgIpc) is 3.05. The molecular formula is C17H22N2O. The highest BCUT2D eigenvalue weighted by atomic mass is 16.2. The van der Waals surface area contributed by atoms with Crippen molar-refractivity contribution in [2.24, 2.45) is 0 Å². The molecule has 1 aliphatic heterocycles. The fourth-order valence-electron chi connectivity index (χ4n) is 3.22. The number of fused-ring (bicyclic) bond motifs is 1. The fourth-order valence-corrected chi connectivity index (χ4v) is 3.22. The lowest BCUT2D eigenvalue weighted by Gasteiger charge is -2.21. The van der Waals surface area contributed by atoms with Crippen molar-refractivity contribution in [3.8, 4) is 0 Å². The van der Waals surface area contributed by atoms with E-state index in [9.17, 15) is 4.79 Å². The van der Waals surface area contributed by atoms with Crippen LogP contribution in [-0.4, -0.2) is 28.4 Å². The van der Waals surface area contributed by atoms with Gasteiger partial charge < -0.3 is 9.88 Å². The van der Waals surface area contributed by atoms with Crippen molar-refractivity contribution in [3.05, 3.63) is 36.0 Å². The van der Waals surface area contributed by atoms with Crippen LogP contribution in [-0.2, 0) is 11.2 Å². The first-order chi connectivity index (χ1) is 9.75. The van der Waals surface area contributed by atoms with Gasteiger partial charge in [-0.3, -0.25) is 4.79 Å². The minimum Gasteiger partial charge on any atom is -0.361 e. The van der Waals surface area contributed by atoms with E-state index in [1.165, 1.54) is 16.5 Å². The molecule has 1 aromatic carbocycles. The third kappa shape index (κ3) is 2.58. The number of nitrogens with one attached hydrogen (secondary N) is 1. The molecule has 1 atom stereocenters. The van der Waals surface area contributed by atoms with Gasteiger partial charge in [0.1, 0.15) is 0 Å². The zero-order valence-corrected chi connectivity index (χ0v) is 12.1. The number of likely N-dealkylation sites (tertiary alicyclic amines) is 1. The van der Waals surface area contributed by atoms with E-state index in [1.54, 1.807) is 0 Å². The lowest BCUT2D eigenvalue weighted by Crippen LogP contribution is -2.33. The first-order valence-corrected chi connectivity index (χ1v) is 7.60. The molecule has 0 spiro atoms. The molecule has 3 nitrogen and oxygen atoms in total. The maximum absolute atomic E-state index is 12.2. The van der Waals surface area contributed by atoms with Crippen LogP contribution in [0.25, 0.3) is 10.9 Å². The average molecular weight is 270 g/mol. The van der Waals surface area contributed by atoms with Gasteiger partial charge in [-0.25, -0.2) is 0 Å². The molecular weight excluding hydrogens is 248 g/mol. The Bertz CT molecular complexity index is 602. The molecule has 2 heterocycles. The van der Waals surface area contributed by atoms with E-state index in [2.05, 4.69) is 41.2 Å². The van der Waals surface area contributed by atoms with Crippen LogP contribution in [0.1, 0.15) is 38.2 Å². The largest absolute Gasteiger partial charge is 0.361 e. The zero-order chi connectivity index (χ0) is 13.9. The Morgan fingerprint density at radius 3 is 3.05 bits per heavy atom. The van der Waals surface area contributed by atoms with Crippen LogP contribution >= 0.6 is 0 Å². The molecule has 1 aliphatic rings.